The zero-order chi connectivity index (χ0) is 56.2. The van der Waals surface area contributed by atoms with Gasteiger partial charge in [-0.1, -0.05) is 228 Å². The van der Waals surface area contributed by atoms with E-state index in [9.17, 15) is 8.42 Å². The Morgan fingerprint density at radius 2 is 0.634 bits per heavy atom. The van der Waals surface area contributed by atoms with E-state index in [0.29, 0.717) is 6.61 Å². The van der Waals surface area contributed by atoms with Gasteiger partial charge in [0, 0.05) is 4.47 Å². The van der Waals surface area contributed by atoms with Crippen LogP contribution in [0.25, 0.3) is 0 Å². The zero-order valence-corrected chi connectivity index (χ0v) is 47.9. The largest absolute Gasteiger partial charge is 0.374 e. The minimum absolute atomic E-state index is 0.0341. The van der Waals surface area contributed by atoms with Crippen LogP contribution in [0.5, 0.6) is 0 Å². The van der Waals surface area contributed by atoms with Gasteiger partial charge in [-0.05, 0) is 63.2 Å². The lowest BCUT2D eigenvalue weighted by atomic mass is 9.93. The van der Waals surface area contributed by atoms with Gasteiger partial charge in [-0.25, -0.2) is 8.42 Å². The fourth-order valence-corrected chi connectivity index (χ4v) is 11.9. The Bertz CT molecular complexity index is 3190. The Hall–Kier alpha value is -6.21. The van der Waals surface area contributed by atoms with Crippen molar-refractivity contribution >= 4 is 25.8 Å². The molecule has 8 aromatic rings. The van der Waals surface area contributed by atoms with Crippen LogP contribution in [0.15, 0.2) is 246 Å². The van der Waals surface area contributed by atoms with Crippen LogP contribution in [-0.4, -0.2) is 88.6 Å². The van der Waals surface area contributed by atoms with E-state index in [1.54, 1.807) is 24.3 Å². The predicted molar refractivity (Wildman–Crippen MR) is 316 cm³/mol. The quantitative estimate of drug-likeness (QED) is 0.0463. The van der Waals surface area contributed by atoms with Crippen molar-refractivity contribution in [1.29, 1.82) is 0 Å². The van der Waals surface area contributed by atoms with Crippen LogP contribution in [0.1, 0.15) is 38.9 Å². The average molecular weight is 1190 g/mol. The second-order valence-corrected chi connectivity index (χ2v) is 23.3. The van der Waals surface area contributed by atoms with Gasteiger partial charge in [0.1, 0.15) is 54.9 Å². The number of hydrogen-bond donors (Lipinski definition) is 0. The van der Waals surface area contributed by atoms with Gasteiger partial charge in [0.15, 0.2) is 16.1 Å². The number of sulfone groups is 1. The van der Waals surface area contributed by atoms with E-state index in [4.69, 9.17) is 47.4 Å². The summed E-state index contributed by atoms with van der Waals surface area (Å²) in [6, 6.07) is 75.8. The van der Waals surface area contributed by atoms with Crippen LogP contribution in [-0.2, 0) is 103 Å². The molecule has 426 valence electrons. The first-order valence-corrected chi connectivity index (χ1v) is 30.2. The van der Waals surface area contributed by atoms with Gasteiger partial charge < -0.3 is 47.4 Å². The van der Waals surface area contributed by atoms with Gasteiger partial charge >= 0.3 is 0 Å². The van der Waals surface area contributed by atoms with E-state index in [2.05, 4.69) is 15.9 Å². The zero-order valence-electron chi connectivity index (χ0n) is 45.5. The molecule has 0 aliphatic carbocycles. The summed E-state index contributed by atoms with van der Waals surface area (Å²) in [5, 5.41) is 0. The summed E-state index contributed by atoms with van der Waals surface area (Å²) in [5.74, 6) is -0.444. The second-order valence-electron chi connectivity index (χ2n) is 20.4. The van der Waals surface area contributed by atoms with E-state index >= 15 is 0 Å². The average Bonchev–Trinajstić information content (AvgIpc) is 3.67. The SMILES string of the molecule is O=S(=O)(C[C@@H]1OC(COCc2ccccc2)[C@H](O[C@@H]2OC(COCc3ccccc3)[C@H](OCc3ccccc3)[C@H](OCc3ccccc3)C2OCc2ccccc2)[C@H](OCc2ccccc2)C1OCc1ccccc1)c1ccc(Br)cc1. The van der Waals surface area contributed by atoms with Crippen LogP contribution in [0.4, 0.5) is 0 Å². The molecule has 0 radical (unpaired) electrons. The molecule has 14 heteroatoms. The third kappa shape index (κ3) is 17.0. The van der Waals surface area contributed by atoms with Crippen molar-refractivity contribution in [1.82, 2.24) is 0 Å². The monoisotopic (exact) mass is 1190 g/mol. The van der Waals surface area contributed by atoms with E-state index in [-0.39, 0.29) is 57.8 Å². The minimum atomic E-state index is -4.01. The van der Waals surface area contributed by atoms with Crippen LogP contribution in [0.3, 0.4) is 0 Å². The molecule has 2 heterocycles. The Balaban J connectivity index is 1.08. The number of halogens is 1. The van der Waals surface area contributed by atoms with Crippen molar-refractivity contribution in [2.75, 3.05) is 19.0 Å². The minimum Gasteiger partial charge on any atom is -0.374 e. The summed E-state index contributed by atoms with van der Waals surface area (Å²) in [4.78, 5) is 0.137. The van der Waals surface area contributed by atoms with E-state index in [0.717, 1.165) is 43.4 Å². The maximum Gasteiger partial charge on any atom is 0.187 e. The van der Waals surface area contributed by atoms with Crippen LogP contribution in [0.2, 0.25) is 0 Å². The lowest BCUT2D eigenvalue weighted by Gasteiger charge is -2.50. The van der Waals surface area contributed by atoms with Gasteiger partial charge in [-0.2, -0.15) is 0 Å². The molecule has 82 heavy (non-hydrogen) atoms. The van der Waals surface area contributed by atoms with Gasteiger partial charge in [0.05, 0.1) is 70.1 Å². The molecule has 0 spiro atoms. The van der Waals surface area contributed by atoms with Crippen LogP contribution >= 0.6 is 15.9 Å². The molecule has 10 atom stereocenters. The van der Waals surface area contributed by atoms with Gasteiger partial charge in [0.2, 0.25) is 0 Å². The third-order valence-corrected chi connectivity index (χ3v) is 16.7. The van der Waals surface area contributed by atoms with Gasteiger partial charge in [-0.3, -0.25) is 0 Å². The molecule has 12 nitrogen and oxygen atoms in total. The number of rotatable bonds is 28. The number of hydrogen-bond acceptors (Lipinski definition) is 12. The van der Waals surface area contributed by atoms with Crippen molar-refractivity contribution in [3.8, 4) is 0 Å². The fraction of sp³-hybridized carbons (Fsp3) is 0.294. The highest BCUT2D eigenvalue weighted by Crippen LogP contribution is 2.38. The van der Waals surface area contributed by atoms with Crippen molar-refractivity contribution in [3.05, 3.63) is 280 Å². The molecule has 2 aliphatic rings. The maximum absolute atomic E-state index is 14.7. The first-order valence-electron chi connectivity index (χ1n) is 27.8. The summed E-state index contributed by atoms with van der Waals surface area (Å²) >= 11 is 3.47. The molecule has 8 aromatic carbocycles. The predicted octanol–water partition coefficient (Wildman–Crippen LogP) is 12.5. The van der Waals surface area contributed by atoms with Crippen molar-refractivity contribution in [2.24, 2.45) is 0 Å². The van der Waals surface area contributed by atoms with E-state index in [1.807, 2.05) is 212 Å². The number of benzene rings is 8. The summed E-state index contributed by atoms with van der Waals surface area (Å²) < 4.78 is 101. The Labute approximate surface area is 490 Å². The molecule has 2 saturated heterocycles. The molecule has 4 unspecified atom stereocenters. The van der Waals surface area contributed by atoms with E-state index in [1.165, 1.54) is 0 Å². The molecule has 0 N–H and O–H groups in total. The topological polar surface area (TPSA) is 126 Å². The summed E-state index contributed by atoms with van der Waals surface area (Å²) in [6.45, 7) is 1.43. The highest BCUT2D eigenvalue weighted by atomic mass is 79.9. The summed E-state index contributed by atoms with van der Waals surface area (Å²) in [6.07, 6.45) is -9.69. The first-order chi connectivity index (χ1) is 40.3. The Morgan fingerprint density at radius 1 is 0.329 bits per heavy atom. The van der Waals surface area contributed by atoms with E-state index < -0.39 is 76.8 Å². The Kier molecular flexibility index (Phi) is 21.8. The molecule has 2 aliphatic heterocycles. The third-order valence-electron chi connectivity index (χ3n) is 14.4. The van der Waals surface area contributed by atoms with Crippen LogP contribution < -0.4 is 0 Å². The maximum atomic E-state index is 14.7. The fourth-order valence-electron chi connectivity index (χ4n) is 10.2. The lowest BCUT2D eigenvalue weighted by Crippen LogP contribution is -2.66. The van der Waals surface area contributed by atoms with Gasteiger partial charge in [-0.15, -0.1) is 0 Å². The smallest absolute Gasteiger partial charge is 0.187 e. The highest BCUT2D eigenvalue weighted by Gasteiger charge is 2.55. The van der Waals surface area contributed by atoms with Crippen molar-refractivity contribution < 1.29 is 55.8 Å². The van der Waals surface area contributed by atoms with Gasteiger partial charge in [0.25, 0.3) is 0 Å². The molecule has 0 saturated carbocycles. The molecule has 0 bridgehead atoms. The highest BCUT2D eigenvalue weighted by molar-refractivity contribution is 9.10. The molecular formula is C68H69BrO12S. The first kappa shape index (κ1) is 59.0. The summed E-state index contributed by atoms with van der Waals surface area (Å²) in [7, 11) is -4.01. The molecule has 0 amide bonds. The Morgan fingerprint density at radius 3 is 1.01 bits per heavy atom. The second kappa shape index (κ2) is 30.4. The standard InChI is InChI=1S/C68H69BrO12S/c69-57-36-38-58(39-37-57)82(70,71)49-61-63(75-43-53-28-14-4-15-29-53)65(76-44-54-30-16-5-17-31-54)64(60(79-61)48-73-41-51-24-10-2-11-25-51)81-68-67(78-46-56-34-20-7-21-35-56)66(77-45-55-32-18-6-19-33-55)62(74-42-52-26-12-3-13-27-52)59(80-68)47-72-40-50-22-8-1-9-23-50/h1-39,59-68H,40-49H2/t59?,60?,61-,62-,63?,64-,65+,66-,67?,68-/m0/s1. The summed E-state index contributed by atoms with van der Waals surface area (Å²) in [5.41, 5.74) is 6.50. The lowest BCUT2D eigenvalue weighted by molar-refractivity contribution is -0.362. The van der Waals surface area contributed by atoms with Crippen LogP contribution in [0, 0.1) is 0 Å². The normalized spacial score (nSPS) is 22.8. The van der Waals surface area contributed by atoms with Crippen molar-refractivity contribution in [3.63, 3.8) is 0 Å². The number of ether oxygens (including phenoxy) is 10. The molecule has 10 rings (SSSR count). The van der Waals surface area contributed by atoms with Crippen molar-refractivity contribution in [2.45, 2.75) is 112 Å². The molecule has 0 aromatic heterocycles. The molecular weight excluding hydrogens is 1120 g/mol. The molecule has 2 fully saturated rings.